The van der Waals surface area contributed by atoms with Crippen molar-refractivity contribution >= 4 is 0 Å². The number of hydrogen-bond donors (Lipinski definition) is 1. The van der Waals surface area contributed by atoms with Crippen LogP contribution < -0.4 is 5.32 Å². The van der Waals surface area contributed by atoms with E-state index >= 15 is 0 Å². The molecule has 1 aromatic rings. The zero-order valence-corrected chi connectivity index (χ0v) is 9.75. The number of nitrogens with one attached hydrogen (secondary N) is 1. The molecule has 0 bridgehead atoms. The van der Waals surface area contributed by atoms with Crippen LogP contribution in [0.4, 0.5) is 0 Å². The summed E-state index contributed by atoms with van der Waals surface area (Å²) in [5.74, 6) is 2.63. The van der Waals surface area contributed by atoms with Gasteiger partial charge >= 0.3 is 0 Å². The molecular formula is C14H19N. The van der Waals surface area contributed by atoms with E-state index in [0.29, 0.717) is 12.6 Å². The van der Waals surface area contributed by atoms with Crippen LogP contribution in [0.5, 0.6) is 0 Å². The molecule has 0 saturated carbocycles. The minimum absolute atomic E-state index is 0.165. The molecule has 0 aliphatic rings. The summed E-state index contributed by atoms with van der Waals surface area (Å²) in [7, 11) is 0. The monoisotopic (exact) mass is 201 g/mol. The molecule has 1 rings (SSSR count). The molecule has 0 radical (unpaired) electrons. The van der Waals surface area contributed by atoms with Crippen LogP contribution in [0.1, 0.15) is 32.4 Å². The molecule has 80 valence electrons. The SMILES string of the molecule is C#CCNC(c1ccccc1)C(C)(C)C. The lowest BCUT2D eigenvalue weighted by Crippen LogP contribution is -2.32. The van der Waals surface area contributed by atoms with Gasteiger partial charge in [0.2, 0.25) is 0 Å². The predicted octanol–water partition coefficient (Wildman–Crippen LogP) is 3.00. The van der Waals surface area contributed by atoms with E-state index in [-0.39, 0.29) is 5.41 Å². The van der Waals surface area contributed by atoms with Crippen molar-refractivity contribution in [1.82, 2.24) is 5.32 Å². The molecule has 15 heavy (non-hydrogen) atoms. The maximum absolute atomic E-state index is 5.29. The van der Waals surface area contributed by atoms with E-state index in [0.717, 1.165) is 0 Å². The molecule has 1 nitrogen and oxygen atoms in total. The van der Waals surface area contributed by atoms with Crippen LogP contribution in [-0.2, 0) is 0 Å². The maximum atomic E-state index is 5.29. The Bertz CT molecular complexity index is 327. The summed E-state index contributed by atoms with van der Waals surface area (Å²) in [5.41, 5.74) is 1.46. The summed E-state index contributed by atoms with van der Waals surface area (Å²) in [6, 6.07) is 10.7. The number of hydrogen-bond acceptors (Lipinski definition) is 1. The Morgan fingerprint density at radius 2 is 1.87 bits per heavy atom. The molecule has 0 spiro atoms. The lowest BCUT2D eigenvalue weighted by Gasteiger charge is -2.31. The van der Waals surface area contributed by atoms with Crippen LogP contribution in [0.2, 0.25) is 0 Å². The second-order valence-electron chi connectivity index (χ2n) is 4.79. The molecule has 1 aromatic carbocycles. The number of rotatable bonds is 3. The second-order valence-corrected chi connectivity index (χ2v) is 4.79. The summed E-state index contributed by atoms with van der Waals surface area (Å²) in [6.45, 7) is 7.26. The largest absolute Gasteiger partial charge is 0.299 e. The highest BCUT2D eigenvalue weighted by atomic mass is 14.9. The van der Waals surface area contributed by atoms with Crippen LogP contribution in [0, 0.1) is 17.8 Å². The number of benzene rings is 1. The third-order valence-electron chi connectivity index (χ3n) is 2.41. The molecule has 1 heteroatoms. The van der Waals surface area contributed by atoms with Crippen molar-refractivity contribution in [2.75, 3.05) is 6.54 Å². The Morgan fingerprint density at radius 1 is 1.27 bits per heavy atom. The molecule has 0 aromatic heterocycles. The fraction of sp³-hybridized carbons (Fsp3) is 0.429. The molecule has 0 fully saturated rings. The molecule has 1 N–H and O–H groups in total. The van der Waals surface area contributed by atoms with Crippen molar-refractivity contribution in [3.63, 3.8) is 0 Å². The van der Waals surface area contributed by atoms with Gasteiger partial charge in [0.1, 0.15) is 0 Å². The number of terminal acetylenes is 1. The molecule has 1 atom stereocenters. The average Bonchev–Trinajstić information content (AvgIpc) is 2.18. The Labute approximate surface area is 92.9 Å². The molecule has 0 aliphatic carbocycles. The van der Waals surface area contributed by atoms with Gasteiger partial charge in [0.05, 0.1) is 6.54 Å². The van der Waals surface area contributed by atoms with Gasteiger partial charge in [0.25, 0.3) is 0 Å². The first-order valence-corrected chi connectivity index (χ1v) is 5.27. The first-order valence-electron chi connectivity index (χ1n) is 5.27. The van der Waals surface area contributed by atoms with Crippen molar-refractivity contribution in [3.8, 4) is 12.3 Å². The van der Waals surface area contributed by atoms with Gasteiger partial charge in [-0.1, -0.05) is 57.0 Å². The average molecular weight is 201 g/mol. The van der Waals surface area contributed by atoms with E-state index in [4.69, 9.17) is 6.42 Å². The quantitative estimate of drug-likeness (QED) is 0.741. The van der Waals surface area contributed by atoms with E-state index < -0.39 is 0 Å². The minimum Gasteiger partial charge on any atom is -0.299 e. The van der Waals surface area contributed by atoms with Gasteiger partial charge in [-0.2, -0.15) is 0 Å². The maximum Gasteiger partial charge on any atom is 0.0578 e. The van der Waals surface area contributed by atoms with Gasteiger partial charge in [0.15, 0.2) is 0 Å². The smallest absolute Gasteiger partial charge is 0.0578 e. The van der Waals surface area contributed by atoms with Gasteiger partial charge in [-0.3, -0.25) is 5.32 Å². The molecule has 0 heterocycles. The van der Waals surface area contributed by atoms with Gasteiger partial charge in [-0.25, -0.2) is 0 Å². The molecular weight excluding hydrogens is 182 g/mol. The summed E-state index contributed by atoms with van der Waals surface area (Å²) in [4.78, 5) is 0. The van der Waals surface area contributed by atoms with Crippen LogP contribution in [0.3, 0.4) is 0 Å². The van der Waals surface area contributed by atoms with Gasteiger partial charge < -0.3 is 0 Å². The summed E-state index contributed by atoms with van der Waals surface area (Å²) in [5, 5.41) is 3.39. The lowest BCUT2D eigenvalue weighted by molar-refractivity contribution is 0.281. The van der Waals surface area contributed by atoms with E-state index in [1.54, 1.807) is 0 Å². The van der Waals surface area contributed by atoms with Crippen molar-refractivity contribution in [2.45, 2.75) is 26.8 Å². The second kappa shape index (κ2) is 5.00. The summed E-state index contributed by atoms with van der Waals surface area (Å²) in [6.07, 6.45) is 5.29. The standard InChI is InChI=1S/C14H19N/c1-5-11-15-13(14(2,3)4)12-9-7-6-8-10-12/h1,6-10,13,15H,11H2,2-4H3. The minimum atomic E-state index is 0.165. The van der Waals surface area contributed by atoms with Crippen LogP contribution in [0.25, 0.3) is 0 Å². The Morgan fingerprint density at radius 3 is 2.33 bits per heavy atom. The zero-order chi connectivity index (χ0) is 11.3. The normalized spacial score (nSPS) is 13.2. The zero-order valence-electron chi connectivity index (χ0n) is 9.75. The fourth-order valence-electron chi connectivity index (χ4n) is 1.73. The van der Waals surface area contributed by atoms with Gasteiger partial charge in [-0.05, 0) is 11.0 Å². The van der Waals surface area contributed by atoms with E-state index in [1.807, 2.05) is 6.07 Å². The highest BCUT2D eigenvalue weighted by Crippen LogP contribution is 2.32. The highest BCUT2D eigenvalue weighted by molar-refractivity contribution is 5.21. The van der Waals surface area contributed by atoms with Crippen molar-refractivity contribution in [3.05, 3.63) is 35.9 Å². The molecule has 0 saturated heterocycles. The Balaban J connectivity index is 2.88. The van der Waals surface area contributed by atoms with E-state index in [9.17, 15) is 0 Å². The molecule has 0 aliphatic heterocycles. The third-order valence-corrected chi connectivity index (χ3v) is 2.41. The molecule has 0 amide bonds. The first kappa shape index (κ1) is 11.8. The Hall–Kier alpha value is -1.26. The summed E-state index contributed by atoms with van der Waals surface area (Å²) >= 11 is 0. The third kappa shape index (κ3) is 3.42. The molecule has 1 unspecified atom stereocenters. The van der Waals surface area contributed by atoms with Crippen LogP contribution in [-0.4, -0.2) is 6.54 Å². The predicted molar refractivity (Wildman–Crippen MR) is 65.5 cm³/mol. The van der Waals surface area contributed by atoms with Crippen molar-refractivity contribution < 1.29 is 0 Å². The van der Waals surface area contributed by atoms with Gasteiger partial charge in [-0.15, -0.1) is 6.42 Å². The highest BCUT2D eigenvalue weighted by Gasteiger charge is 2.24. The van der Waals surface area contributed by atoms with Crippen LogP contribution >= 0.6 is 0 Å². The summed E-state index contributed by atoms with van der Waals surface area (Å²) < 4.78 is 0. The van der Waals surface area contributed by atoms with Gasteiger partial charge in [0, 0.05) is 6.04 Å². The Kier molecular flexibility index (Phi) is 3.94. The van der Waals surface area contributed by atoms with Crippen molar-refractivity contribution in [1.29, 1.82) is 0 Å². The fourth-order valence-corrected chi connectivity index (χ4v) is 1.73. The first-order chi connectivity index (χ1) is 7.05. The van der Waals surface area contributed by atoms with E-state index in [1.165, 1.54) is 5.56 Å². The van der Waals surface area contributed by atoms with E-state index in [2.05, 4.69) is 56.3 Å². The van der Waals surface area contributed by atoms with Crippen LogP contribution in [0.15, 0.2) is 30.3 Å². The van der Waals surface area contributed by atoms with Crippen molar-refractivity contribution in [2.24, 2.45) is 5.41 Å². The lowest BCUT2D eigenvalue weighted by atomic mass is 9.82. The topological polar surface area (TPSA) is 12.0 Å².